The molecule has 1 amide bonds. The summed E-state index contributed by atoms with van der Waals surface area (Å²) in [7, 11) is 1.94. The molecule has 3 aliphatic heterocycles. The van der Waals surface area contributed by atoms with Gasteiger partial charge < -0.3 is 19.4 Å². The fourth-order valence-electron chi connectivity index (χ4n) is 5.43. The van der Waals surface area contributed by atoms with Gasteiger partial charge in [0.15, 0.2) is 0 Å². The van der Waals surface area contributed by atoms with E-state index in [9.17, 15) is 19.8 Å². The van der Waals surface area contributed by atoms with Gasteiger partial charge in [0.25, 0.3) is 0 Å². The van der Waals surface area contributed by atoms with Crippen LogP contribution < -0.4 is 8.61 Å². The molecule has 0 radical (unpaired) electrons. The molecule has 174 valence electrons. The molecule has 3 heterocycles. The summed E-state index contributed by atoms with van der Waals surface area (Å²) in [4.78, 5) is 30.6. The van der Waals surface area contributed by atoms with Crippen LogP contribution in [0.4, 0.5) is 11.4 Å². The zero-order chi connectivity index (χ0) is 23.6. The van der Waals surface area contributed by atoms with Crippen LogP contribution in [0.3, 0.4) is 0 Å². The van der Waals surface area contributed by atoms with Gasteiger partial charge in [-0.05, 0) is 35.6 Å². The number of carbonyl (C=O) groups excluding carboxylic acids is 2. The fourth-order valence-corrected chi connectivity index (χ4v) is 6.40. The van der Waals surface area contributed by atoms with Gasteiger partial charge in [-0.2, -0.15) is 5.26 Å². The molecular formula is C23H25N3O6S. The molecule has 2 aromatic rings. The summed E-state index contributed by atoms with van der Waals surface area (Å²) in [6, 6.07) is 9.41. The van der Waals surface area contributed by atoms with Gasteiger partial charge in [0.2, 0.25) is 5.91 Å². The maximum atomic E-state index is 12.7. The topological polar surface area (TPSA) is 114 Å². The molecule has 3 aliphatic rings. The van der Waals surface area contributed by atoms with Gasteiger partial charge in [-0.15, -0.1) is 0 Å². The Morgan fingerprint density at radius 3 is 2.67 bits per heavy atom. The Morgan fingerprint density at radius 2 is 2.00 bits per heavy atom. The Kier molecular flexibility index (Phi) is 5.28. The highest BCUT2D eigenvalue weighted by Crippen LogP contribution is 2.50. The van der Waals surface area contributed by atoms with Crippen molar-refractivity contribution in [3.63, 3.8) is 0 Å². The van der Waals surface area contributed by atoms with E-state index in [4.69, 9.17) is 5.26 Å². The normalized spacial score (nSPS) is 24.8. The van der Waals surface area contributed by atoms with Crippen molar-refractivity contribution in [3.05, 3.63) is 47.2 Å². The lowest BCUT2D eigenvalue weighted by Crippen LogP contribution is -2.63. The molecule has 0 bridgehead atoms. The number of aliphatic hydroxyl groups is 2. The highest BCUT2D eigenvalue weighted by Gasteiger charge is 2.60. The van der Waals surface area contributed by atoms with Crippen molar-refractivity contribution in [2.24, 2.45) is 11.8 Å². The van der Waals surface area contributed by atoms with Crippen LogP contribution in [0.25, 0.3) is 10.8 Å². The van der Waals surface area contributed by atoms with E-state index in [1.807, 2.05) is 52.9 Å². The number of β-lactam (4-membered cyclic amide) rings is 1. The first-order valence-corrected chi connectivity index (χ1v) is 11.5. The minimum absolute atomic E-state index is 0.0437. The van der Waals surface area contributed by atoms with Gasteiger partial charge in [-0.1, -0.05) is 25.1 Å². The van der Waals surface area contributed by atoms with E-state index in [1.165, 1.54) is 17.0 Å². The highest BCUT2D eigenvalue weighted by atomic mass is 32.2. The maximum Gasteiger partial charge on any atom is 0.389 e. The van der Waals surface area contributed by atoms with Crippen LogP contribution in [0.2, 0.25) is 0 Å². The summed E-state index contributed by atoms with van der Waals surface area (Å²) in [5, 5.41) is 31.0. The molecule has 2 aromatic carbocycles. The van der Waals surface area contributed by atoms with Crippen molar-refractivity contribution in [2.75, 3.05) is 22.2 Å². The zero-order valence-electron chi connectivity index (χ0n) is 18.4. The third-order valence-corrected chi connectivity index (χ3v) is 7.96. The summed E-state index contributed by atoms with van der Waals surface area (Å²) in [5.74, 6) is -2.15. The Balaban J connectivity index is 1.59. The molecule has 0 spiro atoms. The number of nitrogens with zero attached hydrogens (tertiary/aromatic N) is 3. The summed E-state index contributed by atoms with van der Waals surface area (Å²) < 4.78 is 4.04. The quantitative estimate of drug-likeness (QED) is 0.262. The standard InChI is InChI=1S/C23H25N3O6S/c1-11-15(21(23(30)32-31)26-20(11)18(12(2)28)22(26)29)9-25-17-6-4-5-14-13(10-27)7-8-16(19(14)17)24(3)33-25/h4-8,11-12,18,20,27-28,31H,9-10H2,1-3H3. The monoisotopic (exact) mass is 471 g/mol. The molecule has 10 heteroatoms. The number of hydrogen-bond donors (Lipinski definition) is 3. The van der Waals surface area contributed by atoms with E-state index in [-0.39, 0.29) is 30.2 Å². The number of hydrogen-bond acceptors (Lipinski definition) is 9. The first-order valence-electron chi connectivity index (χ1n) is 10.7. The van der Waals surface area contributed by atoms with Gasteiger partial charge in [0.05, 0.1) is 54.7 Å². The SMILES string of the molecule is CC(O)C1C(=O)N2C(C(=O)OO)=C(CN3SN(C)c4ccc(CO)c5cccc3c45)C(C)C12. The smallest absolute Gasteiger partial charge is 0.389 e. The molecule has 0 aliphatic carbocycles. The van der Waals surface area contributed by atoms with E-state index in [0.29, 0.717) is 12.1 Å². The number of aliphatic hydroxyl groups excluding tert-OH is 2. The Bertz CT molecular complexity index is 1200. The molecule has 0 aromatic heterocycles. The minimum atomic E-state index is -0.978. The lowest BCUT2D eigenvalue weighted by atomic mass is 9.78. The highest BCUT2D eigenvalue weighted by molar-refractivity contribution is 8.02. The molecule has 5 rings (SSSR count). The van der Waals surface area contributed by atoms with Crippen LogP contribution in [0, 0.1) is 11.8 Å². The molecule has 0 saturated carbocycles. The third-order valence-electron chi connectivity index (χ3n) is 6.99. The molecule has 9 nitrogen and oxygen atoms in total. The second kappa shape index (κ2) is 7.91. The lowest BCUT2D eigenvalue weighted by molar-refractivity contribution is -0.232. The second-order valence-corrected chi connectivity index (χ2v) is 9.88. The van der Waals surface area contributed by atoms with Gasteiger partial charge >= 0.3 is 5.97 Å². The third kappa shape index (κ3) is 3.05. The van der Waals surface area contributed by atoms with Gasteiger partial charge in [0.1, 0.15) is 5.70 Å². The number of anilines is 2. The Hall–Kier alpha value is -2.79. The maximum absolute atomic E-state index is 12.7. The average molecular weight is 472 g/mol. The van der Waals surface area contributed by atoms with Crippen LogP contribution in [-0.2, 0) is 21.1 Å². The first-order chi connectivity index (χ1) is 15.8. The summed E-state index contributed by atoms with van der Waals surface area (Å²) in [5.41, 5.74) is 3.46. The first kappa shape index (κ1) is 22.0. The molecule has 3 N–H and O–H groups in total. The van der Waals surface area contributed by atoms with Crippen LogP contribution in [0.15, 0.2) is 41.6 Å². The van der Waals surface area contributed by atoms with Gasteiger partial charge in [-0.3, -0.25) is 14.0 Å². The van der Waals surface area contributed by atoms with Gasteiger partial charge in [-0.25, -0.2) is 4.79 Å². The number of fused-ring (bicyclic) bond motifs is 1. The predicted molar refractivity (Wildman–Crippen MR) is 124 cm³/mol. The molecule has 4 unspecified atom stereocenters. The summed E-state index contributed by atoms with van der Waals surface area (Å²) in [6.07, 6.45) is -0.847. The van der Waals surface area contributed by atoms with E-state index >= 15 is 0 Å². The van der Waals surface area contributed by atoms with Crippen LogP contribution in [0.5, 0.6) is 0 Å². The number of rotatable bonds is 5. The predicted octanol–water partition coefficient (Wildman–Crippen LogP) is 2.28. The largest absolute Gasteiger partial charge is 0.393 e. The fraction of sp³-hybridized carbons (Fsp3) is 0.391. The molecular weight excluding hydrogens is 446 g/mol. The zero-order valence-corrected chi connectivity index (χ0v) is 19.2. The lowest BCUT2D eigenvalue weighted by Gasteiger charge is -2.46. The number of carbonyl (C=O) groups is 2. The van der Waals surface area contributed by atoms with Crippen molar-refractivity contribution >= 4 is 46.2 Å². The minimum Gasteiger partial charge on any atom is -0.393 e. The number of amides is 1. The summed E-state index contributed by atoms with van der Waals surface area (Å²) in [6.45, 7) is 3.71. The van der Waals surface area contributed by atoms with Crippen LogP contribution in [0.1, 0.15) is 19.4 Å². The van der Waals surface area contributed by atoms with Crippen LogP contribution in [-0.4, -0.2) is 58.0 Å². The summed E-state index contributed by atoms with van der Waals surface area (Å²) >= 11 is 1.46. The molecule has 33 heavy (non-hydrogen) atoms. The van der Waals surface area contributed by atoms with Crippen molar-refractivity contribution in [1.29, 1.82) is 0 Å². The van der Waals surface area contributed by atoms with Gasteiger partial charge in [0, 0.05) is 18.4 Å². The van der Waals surface area contributed by atoms with Crippen molar-refractivity contribution in [3.8, 4) is 0 Å². The van der Waals surface area contributed by atoms with E-state index < -0.39 is 18.0 Å². The van der Waals surface area contributed by atoms with E-state index in [0.717, 1.165) is 27.7 Å². The average Bonchev–Trinajstić information content (AvgIpc) is 3.04. The molecule has 1 fully saturated rings. The Labute approximate surface area is 195 Å². The molecule has 4 atom stereocenters. The second-order valence-electron chi connectivity index (χ2n) is 8.72. The van der Waals surface area contributed by atoms with E-state index in [1.54, 1.807) is 6.92 Å². The Morgan fingerprint density at radius 1 is 1.24 bits per heavy atom. The van der Waals surface area contributed by atoms with Crippen LogP contribution >= 0.6 is 12.1 Å². The van der Waals surface area contributed by atoms with E-state index in [2.05, 4.69) is 4.89 Å². The molecule has 1 saturated heterocycles. The van der Waals surface area contributed by atoms with Crippen molar-refractivity contribution in [2.45, 2.75) is 32.6 Å². The van der Waals surface area contributed by atoms with Crippen molar-refractivity contribution in [1.82, 2.24) is 4.90 Å². The number of benzene rings is 2. The van der Waals surface area contributed by atoms with Crippen molar-refractivity contribution < 1.29 is 29.9 Å².